The number of nitrogens with zero attached hydrogens (tertiary/aromatic N) is 1. The van der Waals surface area contributed by atoms with Gasteiger partial charge in [-0.25, -0.2) is 4.98 Å². The molecule has 0 radical (unpaired) electrons. The molecule has 1 fully saturated rings. The highest BCUT2D eigenvalue weighted by Gasteiger charge is 2.12. The molecular weight excluding hydrogens is 234 g/mol. The molecule has 0 saturated carbocycles. The quantitative estimate of drug-likeness (QED) is 0.752. The number of hydrogen-bond donors (Lipinski definition) is 2. The monoisotopic (exact) mass is 255 g/mol. The number of nitrogens with one attached hydrogen (secondary N) is 2. The van der Waals surface area contributed by atoms with E-state index in [1.165, 1.54) is 0 Å². The maximum absolute atomic E-state index is 5.81. The third kappa shape index (κ3) is 4.71. The highest BCUT2D eigenvalue weighted by Crippen LogP contribution is 2.08. The van der Waals surface area contributed by atoms with Gasteiger partial charge in [-0.2, -0.15) is 0 Å². The fourth-order valence-corrected chi connectivity index (χ4v) is 2.58. The summed E-state index contributed by atoms with van der Waals surface area (Å²) in [7, 11) is 0. The third-order valence-electron chi connectivity index (χ3n) is 2.89. The average Bonchev–Trinajstić information content (AvgIpc) is 2.76. The molecule has 0 unspecified atom stereocenters. The van der Waals surface area contributed by atoms with Gasteiger partial charge in [-0.1, -0.05) is 0 Å². The van der Waals surface area contributed by atoms with Gasteiger partial charge in [-0.15, -0.1) is 11.3 Å². The molecule has 1 aromatic heterocycles. The summed E-state index contributed by atoms with van der Waals surface area (Å²) in [5, 5.41) is 9.93. The van der Waals surface area contributed by atoms with E-state index in [0.29, 0.717) is 6.10 Å². The van der Waals surface area contributed by atoms with Crippen molar-refractivity contribution in [2.75, 3.05) is 26.2 Å². The Morgan fingerprint density at radius 1 is 1.53 bits per heavy atom. The second kappa shape index (κ2) is 7.06. The van der Waals surface area contributed by atoms with Crippen LogP contribution < -0.4 is 10.6 Å². The zero-order valence-electron chi connectivity index (χ0n) is 10.4. The van der Waals surface area contributed by atoms with Crippen molar-refractivity contribution < 1.29 is 4.74 Å². The van der Waals surface area contributed by atoms with Crippen LogP contribution in [0, 0.1) is 6.92 Å². The van der Waals surface area contributed by atoms with Crippen LogP contribution in [0.4, 0.5) is 0 Å². The minimum Gasteiger partial charge on any atom is -0.377 e. The molecule has 2 heterocycles. The van der Waals surface area contributed by atoms with Gasteiger partial charge in [0.25, 0.3) is 0 Å². The summed E-state index contributed by atoms with van der Waals surface area (Å²) in [6.07, 6.45) is 2.75. The van der Waals surface area contributed by atoms with Crippen molar-refractivity contribution in [3.05, 3.63) is 16.1 Å². The van der Waals surface area contributed by atoms with Crippen molar-refractivity contribution in [2.24, 2.45) is 0 Å². The smallest absolute Gasteiger partial charge is 0.0897 e. The van der Waals surface area contributed by atoms with Crippen molar-refractivity contribution in [1.29, 1.82) is 0 Å². The number of thiazole rings is 1. The molecule has 5 heteroatoms. The average molecular weight is 255 g/mol. The molecular formula is C12H21N3OS. The summed E-state index contributed by atoms with van der Waals surface area (Å²) in [5.74, 6) is 0. The summed E-state index contributed by atoms with van der Waals surface area (Å²) in [4.78, 5) is 4.41. The van der Waals surface area contributed by atoms with E-state index in [0.717, 1.165) is 56.3 Å². The fraction of sp³-hybridized carbons (Fsp3) is 0.750. The lowest BCUT2D eigenvalue weighted by Gasteiger charge is -2.22. The Morgan fingerprint density at radius 3 is 3.06 bits per heavy atom. The molecule has 1 saturated heterocycles. The maximum Gasteiger partial charge on any atom is 0.0897 e. The normalized spacial score (nSPS) is 17.5. The molecule has 1 aliphatic rings. The molecule has 0 spiro atoms. The van der Waals surface area contributed by atoms with Gasteiger partial charge in [0.05, 0.1) is 23.4 Å². The first-order valence-electron chi connectivity index (χ1n) is 6.28. The molecule has 2 rings (SSSR count). The van der Waals surface area contributed by atoms with Crippen LogP contribution >= 0.6 is 11.3 Å². The zero-order valence-corrected chi connectivity index (χ0v) is 11.2. The molecule has 0 aromatic carbocycles. The fourth-order valence-electron chi connectivity index (χ4n) is 1.97. The Labute approximate surface area is 107 Å². The van der Waals surface area contributed by atoms with Gasteiger partial charge in [0.15, 0.2) is 0 Å². The molecule has 0 amide bonds. The Hall–Kier alpha value is -0.490. The van der Waals surface area contributed by atoms with Crippen LogP contribution in [0.15, 0.2) is 5.38 Å². The van der Waals surface area contributed by atoms with Crippen molar-refractivity contribution in [3.8, 4) is 0 Å². The van der Waals surface area contributed by atoms with E-state index in [1.807, 2.05) is 6.92 Å². The van der Waals surface area contributed by atoms with Crippen molar-refractivity contribution in [1.82, 2.24) is 15.6 Å². The van der Waals surface area contributed by atoms with E-state index < -0.39 is 0 Å². The predicted octanol–water partition coefficient (Wildman–Crippen LogP) is 1.31. The molecule has 1 aromatic rings. The Morgan fingerprint density at radius 2 is 2.35 bits per heavy atom. The minimum atomic E-state index is 0.458. The van der Waals surface area contributed by atoms with Crippen molar-refractivity contribution in [2.45, 2.75) is 32.4 Å². The van der Waals surface area contributed by atoms with Crippen molar-refractivity contribution >= 4 is 11.3 Å². The topological polar surface area (TPSA) is 46.2 Å². The number of ether oxygens (including phenoxy) is 1. The standard InChI is InChI=1S/C12H21N3OS/c1-10-15-11(9-17-10)8-14-6-7-16-12-2-4-13-5-3-12/h9,12-14H,2-8H2,1H3. The highest BCUT2D eigenvalue weighted by molar-refractivity contribution is 7.09. The van der Waals surface area contributed by atoms with E-state index in [-0.39, 0.29) is 0 Å². The molecule has 0 aliphatic carbocycles. The first-order valence-corrected chi connectivity index (χ1v) is 7.16. The van der Waals surface area contributed by atoms with Crippen LogP contribution in [0.1, 0.15) is 23.5 Å². The highest BCUT2D eigenvalue weighted by atomic mass is 32.1. The van der Waals surface area contributed by atoms with Crippen LogP contribution in [0.3, 0.4) is 0 Å². The third-order valence-corrected chi connectivity index (χ3v) is 3.71. The molecule has 0 bridgehead atoms. The van der Waals surface area contributed by atoms with E-state index in [2.05, 4.69) is 21.0 Å². The molecule has 96 valence electrons. The summed E-state index contributed by atoms with van der Waals surface area (Å²) >= 11 is 1.70. The van der Waals surface area contributed by atoms with Crippen LogP contribution in [-0.2, 0) is 11.3 Å². The Bertz CT molecular complexity index is 323. The minimum absolute atomic E-state index is 0.458. The summed E-state index contributed by atoms with van der Waals surface area (Å²) in [5.41, 5.74) is 1.13. The van der Waals surface area contributed by atoms with Crippen LogP contribution in [-0.4, -0.2) is 37.3 Å². The summed E-state index contributed by atoms with van der Waals surface area (Å²) in [6.45, 7) is 6.77. The molecule has 2 N–H and O–H groups in total. The van der Waals surface area contributed by atoms with Crippen LogP contribution in [0.5, 0.6) is 0 Å². The lowest BCUT2D eigenvalue weighted by atomic mass is 10.1. The molecule has 1 aliphatic heterocycles. The van der Waals surface area contributed by atoms with Gasteiger partial charge in [0.2, 0.25) is 0 Å². The SMILES string of the molecule is Cc1nc(CNCCOC2CCNCC2)cs1. The molecule has 17 heavy (non-hydrogen) atoms. The van der Waals surface area contributed by atoms with Gasteiger partial charge in [0, 0.05) is 18.5 Å². The largest absolute Gasteiger partial charge is 0.377 e. The molecule has 4 nitrogen and oxygen atoms in total. The number of aromatic nitrogens is 1. The number of piperidine rings is 1. The van der Waals surface area contributed by atoms with Crippen LogP contribution in [0.2, 0.25) is 0 Å². The van der Waals surface area contributed by atoms with E-state index in [4.69, 9.17) is 4.74 Å². The predicted molar refractivity (Wildman–Crippen MR) is 70.4 cm³/mol. The second-order valence-electron chi connectivity index (χ2n) is 4.35. The van der Waals surface area contributed by atoms with Gasteiger partial charge >= 0.3 is 0 Å². The lowest BCUT2D eigenvalue weighted by Crippen LogP contribution is -2.33. The Kier molecular flexibility index (Phi) is 5.38. The van der Waals surface area contributed by atoms with E-state index in [1.54, 1.807) is 11.3 Å². The zero-order chi connectivity index (χ0) is 11.9. The van der Waals surface area contributed by atoms with Crippen molar-refractivity contribution in [3.63, 3.8) is 0 Å². The molecule has 0 atom stereocenters. The number of aryl methyl sites for hydroxylation is 1. The lowest BCUT2D eigenvalue weighted by molar-refractivity contribution is 0.0347. The van der Waals surface area contributed by atoms with Gasteiger partial charge in [-0.05, 0) is 32.9 Å². The first kappa shape index (κ1) is 13.0. The van der Waals surface area contributed by atoms with Gasteiger partial charge in [0.1, 0.15) is 0 Å². The Balaban J connectivity index is 1.51. The second-order valence-corrected chi connectivity index (χ2v) is 5.42. The van der Waals surface area contributed by atoms with Crippen LogP contribution in [0.25, 0.3) is 0 Å². The van der Waals surface area contributed by atoms with Gasteiger partial charge in [-0.3, -0.25) is 0 Å². The van der Waals surface area contributed by atoms with E-state index >= 15 is 0 Å². The number of rotatable bonds is 6. The van der Waals surface area contributed by atoms with Gasteiger partial charge < -0.3 is 15.4 Å². The summed E-state index contributed by atoms with van der Waals surface area (Å²) in [6, 6.07) is 0. The van der Waals surface area contributed by atoms with E-state index in [9.17, 15) is 0 Å². The summed E-state index contributed by atoms with van der Waals surface area (Å²) < 4.78 is 5.81. The first-order chi connectivity index (χ1) is 8.34. The number of hydrogen-bond acceptors (Lipinski definition) is 5. The maximum atomic E-state index is 5.81.